The van der Waals surface area contributed by atoms with E-state index in [2.05, 4.69) is 10.4 Å². The van der Waals surface area contributed by atoms with Crippen LogP contribution in [-0.4, -0.2) is 33.3 Å². The number of hydrogen-bond acceptors (Lipinski definition) is 4. The lowest BCUT2D eigenvalue weighted by atomic mass is 9.99. The van der Waals surface area contributed by atoms with Crippen molar-refractivity contribution in [3.8, 4) is 0 Å². The van der Waals surface area contributed by atoms with Crippen molar-refractivity contribution in [3.63, 3.8) is 0 Å². The number of carbonyl (C=O) groups excluding carboxylic acids is 1. The monoisotopic (exact) mass is 281 g/mol. The summed E-state index contributed by atoms with van der Waals surface area (Å²) < 4.78 is 3.21. The minimum Gasteiger partial charge on any atom is -0.370 e. The molecule has 0 aliphatic carbocycles. The van der Waals surface area contributed by atoms with Crippen LogP contribution in [0.15, 0.2) is 4.79 Å². The number of nitrogens with two attached hydrogens (primary N) is 1. The molecule has 0 radical (unpaired) electrons. The van der Waals surface area contributed by atoms with E-state index in [4.69, 9.17) is 5.73 Å². The van der Waals surface area contributed by atoms with Crippen molar-refractivity contribution in [1.82, 2.24) is 19.7 Å². The number of nitrogens with one attached hydrogen (secondary N) is 1. The first-order chi connectivity index (χ1) is 9.63. The summed E-state index contributed by atoms with van der Waals surface area (Å²) in [5.41, 5.74) is 5.03. The molecule has 1 fully saturated rings. The molecule has 2 rings (SSSR count). The molecular formula is C13H23N5O2. The molecule has 3 N–H and O–H groups in total. The van der Waals surface area contributed by atoms with E-state index in [0.717, 1.165) is 31.8 Å². The Morgan fingerprint density at radius 2 is 2.35 bits per heavy atom. The fraction of sp³-hybridized carbons (Fsp3) is 0.769. The summed E-state index contributed by atoms with van der Waals surface area (Å²) in [6.07, 6.45) is 3.01. The maximum atomic E-state index is 12.3. The summed E-state index contributed by atoms with van der Waals surface area (Å²) in [5, 5.41) is 7.82. The molecule has 1 amide bonds. The van der Waals surface area contributed by atoms with E-state index in [1.54, 1.807) is 4.57 Å². The Morgan fingerprint density at radius 3 is 2.95 bits per heavy atom. The number of carbonyl (C=O) groups is 1. The lowest BCUT2D eigenvalue weighted by Gasteiger charge is -2.21. The molecule has 7 nitrogen and oxygen atoms in total. The molecule has 0 saturated carbocycles. The number of amides is 1. The van der Waals surface area contributed by atoms with Gasteiger partial charge in [-0.2, -0.15) is 5.10 Å². The fourth-order valence-electron chi connectivity index (χ4n) is 2.68. The normalized spacial score (nSPS) is 19.1. The van der Waals surface area contributed by atoms with Crippen LogP contribution in [0.3, 0.4) is 0 Å². The van der Waals surface area contributed by atoms with Gasteiger partial charge >= 0.3 is 5.69 Å². The highest BCUT2D eigenvalue weighted by molar-refractivity contribution is 5.73. The molecule has 2 heterocycles. The molecule has 0 aromatic carbocycles. The Bertz CT molecular complexity index is 513. The Kier molecular flexibility index (Phi) is 4.94. The second-order valence-corrected chi connectivity index (χ2v) is 5.22. The maximum Gasteiger partial charge on any atom is 0.345 e. The summed E-state index contributed by atoms with van der Waals surface area (Å²) in [6.45, 7) is 4.93. The van der Waals surface area contributed by atoms with Crippen LogP contribution in [0.5, 0.6) is 0 Å². The van der Waals surface area contributed by atoms with Crippen LogP contribution in [-0.2, 0) is 17.9 Å². The van der Waals surface area contributed by atoms with Crippen LogP contribution < -0.4 is 16.7 Å². The quantitative estimate of drug-likeness (QED) is 0.754. The number of nitrogens with zero attached hydrogens (tertiary/aromatic N) is 3. The van der Waals surface area contributed by atoms with Crippen LogP contribution in [0, 0.1) is 0 Å². The van der Waals surface area contributed by atoms with Crippen LogP contribution >= 0.6 is 0 Å². The molecule has 112 valence electrons. The molecule has 1 atom stereocenters. The molecule has 1 aliphatic rings. The van der Waals surface area contributed by atoms with Gasteiger partial charge in [0.15, 0.2) is 0 Å². The zero-order chi connectivity index (χ0) is 14.5. The van der Waals surface area contributed by atoms with Gasteiger partial charge in [-0.05, 0) is 32.7 Å². The largest absolute Gasteiger partial charge is 0.370 e. The fourth-order valence-corrected chi connectivity index (χ4v) is 2.68. The first kappa shape index (κ1) is 14.8. The van der Waals surface area contributed by atoms with E-state index < -0.39 is 0 Å². The predicted molar refractivity (Wildman–Crippen MR) is 75.4 cm³/mol. The minimum absolute atomic E-state index is 0.0856. The van der Waals surface area contributed by atoms with Crippen molar-refractivity contribution in [2.75, 3.05) is 13.1 Å². The van der Waals surface area contributed by atoms with Gasteiger partial charge in [0.2, 0.25) is 5.91 Å². The average molecular weight is 281 g/mol. The number of piperidine rings is 1. The maximum absolute atomic E-state index is 12.3. The summed E-state index contributed by atoms with van der Waals surface area (Å²) in [5.74, 6) is 0.822. The Hall–Kier alpha value is -1.63. The lowest BCUT2D eigenvalue weighted by molar-refractivity contribution is -0.118. The number of aryl methyl sites for hydroxylation is 1. The first-order valence-corrected chi connectivity index (χ1v) is 7.30. The van der Waals surface area contributed by atoms with E-state index in [1.807, 2.05) is 6.92 Å². The number of aromatic nitrogens is 3. The van der Waals surface area contributed by atoms with E-state index in [9.17, 15) is 9.59 Å². The van der Waals surface area contributed by atoms with E-state index in [0.29, 0.717) is 25.4 Å². The van der Waals surface area contributed by atoms with Gasteiger partial charge in [0.1, 0.15) is 5.82 Å². The molecule has 0 bridgehead atoms. The molecule has 20 heavy (non-hydrogen) atoms. The molecule has 1 saturated heterocycles. The highest BCUT2D eigenvalue weighted by atomic mass is 16.2. The average Bonchev–Trinajstić information content (AvgIpc) is 2.76. The van der Waals surface area contributed by atoms with Gasteiger partial charge in [0.05, 0.1) is 0 Å². The summed E-state index contributed by atoms with van der Waals surface area (Å²) in [6, 6.07) is 0. The summed E-state index contributed by atoms with van der Waals surface area (Å²) >= 11 is 0. The number of rotatable bonds is 6. The number of primary amides is 1. The van der Waals surface area contributed by atoms with Crippen molar-refractivity contribution in [1.29, 1.82) is 0 Å². The van der Waals surface area contributed by atoms with Gasteiger partial charge in [-0.3, -0.25) is 9.36 Å². The van der Waals surface area contributed by atoms with Crippen molar-refractivity contribution in [2.24, 2.45) is 5.73 Å². The van der Waals surface area contributed by atoms with Gasteiger partial charge in [-0.15, -0.1) is 0 Å². The lowest BCUT2D eigenvalue weighted by Crippen LogP contribution is -2.31. The second kappa shape index (κ2) is 6.69. The Balaban J connectivity index is 2.15. The second-order valence-electron chi connectivity index (χ2n) is 5.22. The van der Waals surface area contributed by atoms with E-state index in [-0.39, 0.29) is 18.0 Å². The van der Waals surface area contributed by atoms with Gasteiger partial charge in [0.25, 0.3) is 0 Å². The number of hydrogen-bond donors (Lipinski definition) is 2. The van der Waals surface area contributed by atoms with Crippen LogP contribution in [0.25, 0.3) is 0 Å². The molecule has 0 spiro atoms. The highest BCUT2D eigenvalue weighted by Gasteiger charge is 2.23. The van der Waals surface area contributed by atoms with E-state index in [1.165, 1.54) is 4.68 Å². The smallest absolute Gasteiger partial charge is 0.345 e. The van der Waals surface area contributed by atoms with Crippen molar-refractivity contribution in [3.05, 3.63) is 16.3 Å². The van der Waals surface area contributed by atoms with Crippen LogP contribution in [0.1, 0.15) is 44.3 Å². The summed E-state index contributed by atoms with van der Waals surface area (Å²) in [4.78, 5) is 23.0. The topological polar surface area (TPSA) is 94.9 Å². The van der Waals surface area contributed by atoms with Crippen LogP contribution in [0.2, 0.25) is 0 Å². The molecule has 1 aromatic heterocycles. The van der Waals surface area contributed by atoms with E-state index >= 15 is 0 Å². The van der Waals surface area contributed by atoms with Crippen molar-refractivity contribution in [2.45, 2.75) is 51.6 Å². The zero-order valence-corrected chi connectivity index (χ0v) is 12.0. The zero-order valence-electron chi connectivity index (χ0n) is 12.0. The Labute approximate surface area is 118 Å². The molecule has 1 aliphatic heterocycles. The summed E-state index contributed by atoms with van der Waals surface area (Å²) in [7, 11) is 0. The van der Waals surface area contributed by atoms with Crippen molar-refractivity contribution >= 4 is 5.91 Å². The van der Waals surface area contributed by atoms with Gasteiger partial charge in [-0.25, -0.2) is 9.48 Å². The molecular weight excluding hydrogens is 258 g/mol. The molecule has 1 unspecified atom stereocenters. The van der Waals surface area contributed by atoms with Crippen molar-refractivity contribution < 1.29 is 4.79 Å². The third-order valence-corrected chi connectivity index (χ3v) is 3.72. The molecule has 7 heteroatoms. The molecule has 1 aromatic rings. The van der Waals surface area contributed by atoms with Gasteiger partial charge < -0.3 is 11.1 Å². The third-order valence-electron chi connectivity index (χ3n) is 3.72. The standard InChI is InChI=1S/C13H23N5O2/c1-2-17-12(10-5-3-7-15-9-10)16-18(13(17)20)8-4-6-11(14)19/h10,15H,2-9H2,1H3,(H2,14,19). The Morgan fingerprint density at radius 1 is 1.55 bits per heavy atom. The minimum atomic E-state index is -0.343. The SMILES string of the molecule is CCn1c(C2CCCNC2)nn(CCCC(N)=O)c1=O. The van der Waals surface area contributed by atoms with Crippen LogP contribution in [0.4, 0.5) is 0 Å². The van der Waals surface area contributed by atoms with Gasteiger partial charge in [0, 0.05) is 32.0 Å². The highest BCUT2D eigenvalue weighted by Crippen LogP contribution is 2.20. The first-order valence-electron chi connectivity index (χ1n) is 7.30. The van der Waals surface area contributed by atoms with Gasteiger partial charge in [-0.1, -0.05) is 0 Å². The predicted octanol–water partition coefficient (Wildman–Crippen LogP) is -0.203. The third kappa shape index (κ3) is 3.27.